The summed E-state index contributed by atoms with van der Waals surface area (Å²) in [5, 5.41) is 12.7. The number of rotatable bonds is 9. The van der Waals surface area contributed by atoms with Gasteiger partial charge in [0.2, 0.25) is 10.0 Å². The van der Waals surface area contributed by atoms with E-state index < -0.39 is 15.6 Å². The SMILES string of the molecule is CNS(=O)(=O)c1ccc(Cl)c(COC2(c3c[n+]([O-])ccc3-c3ccccc3OC3CC3)CC2)c1. The minimum absolute atomic E-state index is 0.110. The number of benzene rings is 2. The van der Waals surface area contributed by atoms with Crippen molar-refractivity contribution in [2.45, 2.75) is 48.9 Å². The minimum Gasteiger partial charge on any atom is -0.619 e. The maximum absolute atomic E-state index is 12.3. The molecule has 3 aromatic rings. The van der Waals surface area contributed by atoms with Gasteiger partial charge in [0, 0.05) is 22.2 Å². The van der Waals surface area contributed by atoms with Crippen LogP contribution in [0.1, 0.15) is 36.8 Å². The highest BCUT2D eigenvalue weighted by molar-refractivity contribution is 7.89. The fourth-order valence-electron chi connectivity index (χ4n) is 4.00. The molecule has 0 amide bonds. The molecule has 0 saturated heterocycles. The van der Waals surface area contributed by atoms with Crippen LogP contribution >= 0.6 is 11.6 Å². The van der Waals surface area contributed by atoms with E-state index in [-0.39, 0.29) is 17.6 Å². The predicted octanol–water partition coefficient (Wildman–Crippen LogP) is 4.30. The Kier molecular flexibility index (Phi) is 6.02. The molecule has 0 atom stereocenters. The smallest absolute Gasteiger partial charge is 0.240 e. The van der Waals surface area contributed by atoms with Crippen LogP contribution in [-0.4, -0.2) is 21.6 Å². The molecule has 0 bridgehead atoms. The summed E-state index contributed by atoms with van der Waals surface area (Å²) in [4.78, 5) is 0.117. The Morgan fingerprint density at radius 1 is 1.15 bits per heavy atom. The number of para-hydroxylation sites is 1. The van der Waals surface area contributed by atoms with Crippen LogP contribution in [0.25, 0.3) is 11.1 Å². The van der Waals surface area contributed by atoms with Gasteiger partial charge in [0.05, 0.1) is 23.2 Å². The molecule has 0 unspecified atom stereocenters. The van der Waals surface area contributed by atoms with Gasteiger partial charge in [-0.05, 0) is 62.6 Å². The van der Waals surface area contributed by atoms with Gasteiger partial charge in [0.1, 0.15) is 11.4 Å². The molecule has 1 N–H and O–H groups in total. The quantitative estimate of drug-likeness (QED) is 0.349. The van der Waals surface area contributed by atoms with Crippen molar-refractivity contribution in [3.8, 4) is 16.9 Å². The van der Waals surface area contributed by atoms with Gasteiger partial charge in [0.25, 0.3) is 0 Å². The molecule has 0 aliphatic heterocycles. The van der Waals surface area contributed by atoms with Crippen LogP contribution in [0.3, 0.4) is 0 Å². The largest absolute Gasteiger partial charge is 0.619 e. The third kappa shape index (κ3) is 4.63. The Labute approximate surface area is 203 Å². The number of ether oxygens (including phenoxy) is 2. The van der Waals surface area contributed by atoms with Crippen molar-refractivity contribution in [2.75, 3.05) is 7.05 Å². The monoisotopic (exact) mass is 500 g/mol. The summed E-state index contributed by atoms with van der Waals surface area (Å²) < 4.78 is 40.0. The molecule has 0 spiro atoms. The number of hydrogen-bond acceptors (Lipinski definition) is 5. The summed E-state index contributed by atoms with van der Waals surface area (Å²) >= 11 is 6.35. The number of sulfonamides is 1. The van der Waals surface area contributed by atoms with Crippen LogP contribution in [0.4, 0.5) is 0 Å². The Bertz CT molecular complexity index is 1340. The van der Waals surface area contributed by atoms with Crippen LogP contribution in [-0.2, 0) is 27.0 Å². The maximum Gasteiger partial charge on any atom is 0.240 e. The highest BCUT2D eigenvalue weighted by Crippen LogP contribution is 2.53. The predicted molar refractivity (Wildman–Crippen MR) is 128 cm³/mol. The fourth-order valence-corrected chi connectivity index (χ4v) is 4.95. The van der Waals surface area contributed by atoms with Gasteiger partial charge in [-0.25, -0.2) is 13.1 Å². The molecule has 2 aromatic carbocycles. The van der Waals surface area contributed by atoms with Crippen LogP contribution < -0.4 is 14.2 Å². The van der Waals surface area contributed by atoms with Crippen molar-refractivity contribution in [1.29, 1.82) is 0 Å². The van der Waals surface area contributed by atoms with Crippen LogP contribution in [0.15, 0.2) is 65.8 Å². The second kappa shape index (κ2) is 8.85. The Hall–Kier alpha value is -2.65. The average molecular weight is 501 g/mol. The standard InChI is InChI=1S/C25H25ClN2O5S/c1-27-34(30,31)19-8-9-23(26)17(14-19)16-32-25(11-12-25)22-15-28(29)13-10-20(22)21-4-2-3-5-24(21)33-18-6-7-18/h2-5,8-10,13-15,18,27H,6-7,11-12,16H2,1H3. The molecular weight excluding hydrogens is 476 g/mol. The van der Waals surface area contributed by atoms with E-state index in [0.29, 0.717) is 10.6 Å². The number of pyridine rings is 1. The summed E-state index contributed by atoms with van der Waals surface area (Å²) in [6.07, 6.45) is 6.85. The lowest BCUT2D eigenvalue weighted by Gasteiger charge is -2.21. The highest BCUT2D eigenvalue weighted by atomic mass is 35.5. The third-order valence-corrected chi connectivity index (χ3v) is 8.01. The molecule has 7 nitrogen and oxygen atoms in total. The summed E-state index contributed by atoms with van der Waals surface area (Å²) in [7, 11) is -2.25. The Morgan fingerprint density at radius 3 is 2.62 bits per heavy atom. The summed E-state index contributed by atoms with van der Waals surface area (Å²) in [5.41, 5.74) is 2.50. The fraction of sp³-hybridized carbons (Fsp3) is 0.320. The molecule has 0 radical (unpaired) electrons. The van der Waals surface area contributed by atoms with E-state index in [2.05, 4.69) is 4.72 Å². The molecule has 1 aromatic heterocycles. The van der Waals surface area contributed by atoms with Gasteiger partial charge < -0.3 is 14.7 Å². The summed E-state index contributed by atoms with van der Waals surface area (Å²) in [5.74, 6) is 0.790. The lowest BCUT2D eigenvalue weighted by Crippen LogP contribution is -2.28. The summed E-state index contributed by atoms with van der Waals surface area (Å²) in [6.45, 7) is 0.110. The van der Waals surface area contributed by atoms with Gasteiger partial charge in [0.15, 0.2) is 12.4 Å². The third-order valence-electron chi connectivity index (χ3n) is 6.23. The zero-order chi connectivity index (χ0) is 23.9. The minimum atomic E-state index is -3.61. The van der Waals surface area contributed by atoms with Crippen LogP contribution in [0, 0.1) is 5.21 Å². The van der Waals surface area contributed by atoms with Crippen LogP contribution in [0.2, 0.25) is 5.02 Å². The first kappa shape index (κ1) is 23.1. The van der Waals surface area contributed by atoms with E-state index in [4.69, 9.17) is 21.1 Å². The van der Waals surface area contributed by atoms with Gasteiger partial charge in [-0.1, -0.05) is 29.8 Å². The number of nitrogens with one attached hydrogen (secondary N) is 1. The molecule has 5 rings (SSSR count). The maximum atomic E-state index is 12.3. The first-order valence-electron chi connectivity index (χ1n) is 11.2. The van der Waals surface area contributed by atoms with Crippen molar-refractivity contribution in [2.24, 2.45) is 0 Å². The zero-order valence-corrected chi connectivity index (χ0v) is 20.2. The van der Waals surface area contributed by atoms with Gasteiger partial charge in [-0.15, -0.1) is 0 Å². The molecule has 2 fully saturated rings. The Balaban J connectivity index is 1.47. The van der Waals surface area contributed by atoms with Crippen molar-refractivity contribution < 1.29 is 22.6 Å². The lowest BCUT2D eigenvalue weighted by molar-refractivity contribution is -0.606. The second-order valence-corrected chi connectivity index (χ2v) is 11.0. The molecule has 9 heteroatoms. The van der Waals surface area contributed by atoms with Gasteiger partial charge in [-0.2, -0.15) is 4.73 Å². The van der Waals surface area contributed by atoms with Gasteiger partial charge in [-0.3, -0.25) is 0 Å². The highest BCUT2D eigenvalue weighted by Gasteiger charge is 2.49. The van der Waals surface area contributed by atoms with Crippen molar-refractivity contribution in [1.82, 2.24) is 4.72 Å². The molecule has 2 aliphatic carbocycles. The van der Waals surface area contributed by atoms with E-state index in [9.17, 15) is 13.6 Å². The molecule has 34 heavy (non-hydrogen) atoms. The first-order chi connectivity index (χ1) is 16.3. The van der Waals surface area contributed by atoms with Crippen molar-refractivity contribution in [3.63, 3.8) is 0 Å². The van der Waals surface area contributed by atoms with Crippen LogP contribution in [0.5, 0.6) is 5.75 Å². The van der Waals surface area contributed by atoms with E-state index >= 15 is 0 Å². The molecule has 2 aliphatic rings. The first-order valence-corrected chi connectivity index (χ1v) is 13.0. The Morgan fingerprint density at radius 2 is 1.91 bits per heavy atom. The number of halogens is 1. The average Bonchev–Trinajstić information content (AvgIpc) is 3.76. The number of hydrogen-bond donors (Lipinski definition) is 1. The lowest BCUT2D eigenvalue weighted by atomic mass is 9.96. The van der Waals surface area contributed by atoms with E-state index in [0.717, 1.165) is 52.9 Å². The second-order valence-electron chi connectivity index (χ2n) is 8.69. The van der Waals surface area contributed by atoms with E-state index in [1.165, 1.54) is 25.4 Å². The van der Waals surface area contributed by atoms with Crippen molar-refractivity contribution >= 4 is 21.6 Å². The number of nitrogens with zero attached hydrogens (tertiary/aromatic N) is 1. The molecule has 1 heterocycles. The summed E-state index contributed by atoms with van der Waals surface area (Å²) in [6, 6.07) is 14.2. The molecule has 178 valence electrons. The van der Waals surface area contributed by atoms with Crippen molar-refractivity contribution in [3.05, 3.63) is 82.3 Å². The number of aromatic nitrogens is 1. The van der Waals surface area contributed by atoms with Gasteiger partial charge >= 0.3 is 0 Å². The normalized spacial score (nSPS) is 16.9. The van der Waals surface area contributed by atoms with E-state index in [1.54, 1.807) is 18.3 Å². The van der Waals surface area contributed by atoms with E-state index in [1.807, 2.05) is 24.3 Å². The molecule has 2 saturated carbocycles. The molecular formula is C25H25ClN2O5S. The zero-order valence-electron chi connectivity index (χ0n) is 18.7. The topological polar surface area (TPSA) is 91.6 Å².